The lowest BCUT2D eigenvalue weighted by atomic mass is 10.2. The summed E-state index contributed by atoms with van der Waals surface area (Å²) in [6.45, 7) is 0. The van der Waals surface area contributed by atoms with Crippen molar-refractivity contribution in [1.29, 1.82) is 0 Å². The maximum atomic E-state index is 12.4. The van der Waals surface area contributed by atoms with Crippen LogP contribution in [0.5, 0.6) is 0 Å². The Bertz CT molecular complexity index is 759. The topological polar surface area (TPSA) is 22.0 Å². The smallest absolute Gasteiger partial charge is 0.262 e. The van der Waals surface area contributed by atoms with Crippen LogP contribution in [0.2, 0.25) is 0 Å². The summed E-state index contributed by atoms with van der Waals surface area (Å²) < 4.78 is 2.66. The monoisotopic (exact) mass is 299 g/mol. The second-order valence-corrected chi connectivity index (χ2v) is 4.97. The molecule has 0 fully saturated rings. The second-order valence-electron chi connectivity index (χ2n) is 4.05. The summed E-state index contributed by atoms with van der Waals surface area (Å²) in [5.41, 5.74) is 0.879. The molecule has 0 aliphatic rings. The molecule has 0 saturated heterocycles. The van der Waals surface area contributed by atoms with Crippen molar-refractivity contribution in [2.24, 2.45) is 0 Å². The van der Waals surface area contributed by atoms with Crippen molar-refractivity contribution in [3.63, 3.8) is 0 Å². The molecular weight excluding hydrogens is 290 g/mol. The highest BCUT2D eigenvalue weighted by atomic mass is 79.9. The van der Waals surface area contributed by atoms with Crippen LogP contribution in [0.3, 0.4) is 0 Å². The normalized spacial score (nSPS) is 10.7. The number of benzene rings is 2. The van der Waals surface area contributed by atoms with Gasteiger partial charge >= 0.3 is 0 Å². The van der Waals surface area contributed by atoms with E-state index in [4.69, 9.17) is 0 Å². The van der Waals surface area contributed by atoms with Crippen LogP contribution in [0.4, 0.5) is 0 Å². The first kappa shape index (κ1) is 11.2. The van der Waals surface area contributed by atoms with Crippen molar-refractivity contribution in [1.82, 2.24) is 4.57 Å². The number of nitrogens with zero attached hydrogens (tertiary/aromatic N) is 1. The van der Waals surface area contributed by atoms with Crippen molar-refractivity contribution in [2.75, 3.05) is 0 Å². The molecule has 1 heterocycles. The molecule has 0 aliphatic heterocycles. The van der Waals surface area contributed by atoms with E-state index in [0.717, 1.165) is 20.9 Å². The summed E-state index contributed by atoms with van der Waals surface area (Å²) in [7, 11) is 0. The van der Waals surface area contributed by atoms with Gasteiger partial charge in [0.1, 0.15) is 0 Å². The van der Waals surface area contributed by atoms with E-state index >= 15 is 0 Å². The van der Waals surface area contributed by atoms with Gasteiger partial charge in [-0.1, -0.05) is 34.1 Å². The fraction of sp³-hybridized carbons (Fsp3) is 0. The Kier molecular flexibility index (Phi) is 2.76. The molecule has 0 aliphatic carbocycles. The average molecular weight is 300 g/mol. The van der Waals surface area contributed by atoms with Gasteiger partial charge in [-0.2, -0.15) is 0 Å². The maximum Gasteiger partial charge on any atom is 0.262 e. The van der Waals surface area contributed by atoms with Crippen LogP contribution in [0.15, 0.2) is 70.1 Å². The number of hydrogen-bond donors (Lipinski definition) is 0. The van der Waals surface area contributed by atoms with Gasteiger partial charge in [0.05, 0.1) is 0 Å². The third-order valence-corrected chi connectivity index (χ3v) is 3.45. The van der Waals surface area contributed by atoms with Crippen molar-refractivity contribution < 1.29 is 0 Å². The van der Waals surface area contributed by atoms with Gasteiger partial charge in [0.25, 0.3) is 5.56 Å². The third-order valence-electron chi connectivity index (χ3n) is 2.92. The highest BCUT2D eigenvalue weighted by Crippen LogP contribution is 2.14. The summed E-state index contributed by atoms with van der Waals surface area (Å²) in [5.74, 6) is 0. The van der Waals surface area contributed by atoms with Crippen molar-refractivity contribution in [3.8, 4) is 5.69 Å². The number of halogens is 1. The first-order valence-electron chi connectivity index (χ1n) is 5.62. The van der Waals surface area contributed by atoms with E-state index in [1.165, 1.54) is 0 Å². The van der Waals surface area contributed by atoms with Gasteiger partial charge < -0.3 is 0 Å². The van der Waals surface area contributed by atoms with E-state index in [0.29, 0.717) is 0 Å². The van der Waals surface area contributed by atoms with Crippen LogP contribution >= 0.6 is 15.9 Å². The van der Waals surface area contributed by atoms with Crippen LogP contribution in [-0.2, 0) is 0 Å². The second kappa shape index (κ2) is 4.42. The molecule has 18 heavy (non-hydrogen) atoms. The predicted octanol–water partition coefficient (Wildman–Crippen LogP) is 3.75. The van der Waals surface area contributed by atoms with Crippen LogP contribution in [-0.4, -0.2) is 4.57 Å². The van der Waals surface area contributed by atoms with E-state index in [1.807, 2.05) is 60.8 Å². The van der Waals surface area contributed by atoms with Crippen molar-refractivity contribution in [2.45, 2.75) is 0 Å². The molecule has 0 radical (unpaired) electrons. The average Bonchev–Trinajstić information content (AvgIpc) is 2.41. The Morgan fingerprint density at radius 3 is 2.39 bits per heavy atom. The van der Waals surface area contributed by atoms with Gasteiger partial charge in [-0.15, -0.1) is 0 Å². The quantitative estimate of drug-likeness (QED) is 0.671. The highest BCUT2D eigenvalue weighted by molar-refractivity contribution is 9.10. The Morgan fingerprint density at radius 1 is 0.889 bits per heavy atom. The lowest BCUT2D eigenvalue weighted by Gasteiger charge is -2.07. The number of pyridine rings is 1. The first-order valence-corrected chi connectivity index (χ1v) is 6.41. The number of fused-ring (bicyclic) bond motifs is 1. The zero-order valence-electron chi connectivity index (χ0n) is 9.51. The number of rotatable bonds is 1. The van der Waals surface area contributed by atoms with Crippen LogP contribution in [0.25, 0.3) is 16.5 Å². The Hall–Kier alpha value is -1.87. The third kappa shape index (κ3) is 1.87. The number of aromatic nitrogens is 1. The fourth-order valence-electron chi connectivity index (χ4n) is 1.99. The molecule has 0 spiro atoms. The van der Waals surface area contributed by atoms with E-state index in [9.17, 15) is 4.79 Å². The zero-order chi connectivity index (χ0) is 12.5. The predicted molar refractivity (Wildman–Crippen MR) is 77.2 cm³/mol. The van der Waals surface area contributed by atoms with Crippen LogP contribution < -0.4 is 5.56 Å². The summed E-state index contributed by atoms with van der Waals surface area (Å²) in [6, 6.07) is 17.3. The molecule has 0 saturated carbocycles. The summed E-state index contributed by atoms with van der Waals surface area (Å²) in [6.07, 6.45) is 1.81. The van der Waals surface area contributed by atoms with E-state index < -0.39 is 0 Å². The van der Waals surface area contributed by atoms with Crippen LogP contribution in [0, 0.1) is 0 Å². The van der Waals surface area contributed by atoms with Gasteiger partial charge in [0, 0.05) is 21.7 Å². The molecular formula is C15H10BrNO. The van der Waals surface area contributed by atoms with E-state index in [2.05, 4.69) is 15.9 Å². The largest absolute Gasteiger partial charge is 0.284 e. The highest BCUT2D eigenvalue weighted by Gasteiger charge is 2.03. The SMILES string of the molecule is O=c1c2ccccc2ccn1-c1ccc(Br)cc1. The van der Waals surface area contributed by atoms with Gasteiger partial charge in [-0.3, -0.25) is 9.36 Å². The lowest BCUT2D eigenvalue weighted by Crippen LogP contribution is -2.17. The van der Waals surface area contributed by atoms with E-state index in [1.54, 1.807) is 4.57 Å². The number of hydrogen-bond acceptors (Lipinski definition) is 1. The van der Waals surface area contributed by atoms with Crippen molar-refractivity contribution >= 4 is 26.7 Å². The summed E-state index contributed by atoms with van der Waals surface area (Å²) in [4.78, 5) is 12.4. The minimum absolute atomic E-state index is 0.00965. The van der Waals surface area contributed by atoms with Crippen molar-refractivity contribution in [3.05, 3.63) is 75.6 Å². The fourth-order valence-corrected chi connectivity index (χ4v) is 2.26. The Morgan fingerprint density at radius 2 is 1.61 bits per heavy atom. The Balaban J connectivity index is 2.27. The Labute approximate surface area is 113 Å². The molecule has 1 aromatic heterocycles. The standard InChI is InChI=1S/C15H10BrNO/c16-12-5-7-13(8-6-12)17-10-9-11-3-1-2-4-14(11)15(17)18/h1-10H. The molecule has 0 atom stereocenters. The van der Waals surface area contributed by atoms with Gasteiger partial charge in [-0.25, -0.2) is 0 Å². The molecule has 3 aromatic rings. The maximum absolute atomic E-state index is 12.4. The molecule has 88 valence electrons. The molecule has 3 rings (SSSR count). The van der Waals surface area contributed by atoms with Crippen LogP contribution in [0.1, 0.15) is 0 Å². The molecule has 0 unspecified atom stereocenters. The molecule has 0 bridgehead atoms. The van der Waals surface area contributed by atoms with Gasteiger partial charge in [0.2, 0.25) is 0 Å². The zero-order valence-corrected chi connectivity index (χ0v) is 11.1. The van der Waals surface area contributed by atoms with Gasteiger partial charge in [-0.05, 0) is 41.8 Å². The molecule has 2 aromatic carbocycles. The molecule has 0 amide bonds. The first-order chi connectivity index (χ1) is 8.75. The summed E-state index contributed by atoms with van der Waals surface area (Å²) >= 11 is 3.39. The molecule has 3 heteroatoms. The minimum atomic E-state index is 0.00965. The lowest BCUT2D eigenvalue weighted by molar-refractivity contribution is 1.01. The van der Waals surface area contributed by atoms with E-state index in [-0.39, 0.29) is 5.56 Å². The molecule has 2 nitrogen and oxygen atoms in total. The minimum Gasteiger partial charge on any atom is -0.284 e. The summed E-state index contributed by atoms with van der Waals surface area (Å²) in [5, 5.41) is 1.71. The molecule has 0 N–H and O–H groups in total. The van der Waals surface area contributed by atoms with Gasteiger partial charge in [0.15, 0.2) is 0 Å².